The number of sulfonamides is 1. The van der Waals surface area contributed by atoms with Crippen LogP contribution >= 0.6 is 0 Å². The maximum absolute atomic E-state index is 13.6. The summed E-state index contributed by atoms with van der Waals surface area (Å²) in [5.41, 5.74) is -5.90. The predicted molar refractivity (Wildman–Crippen MR) is 154 cm³/mol. The minimum absolute atomic E-state index is 0.151. The lowest BCUT2D eigenvalue weighted by Gasteiger charge is -2.23. The summed E-state index contributed by atoms with van der Waals surface area (Å²) in [5.74, 6) is -2.26. The monoisotopic (exact) mass is 690 g/mol. The third-order valence-corrected chi connectivity index (χ3v) is 8.45. The second-order valence-corrected chi connectivity index (χ2v) is 12.1. The second kappa shape index (κ2) is 13.2. The van der Waals surface area contributed by atoms with E-state index < -0.39 is 69.1 Å². The quantitative estimate of drug-likeness (QED) is 0.179. The van der Waals surface area contributed by atoms with E-state index in [0.717, 1.165) is 47.8 Å². The van der Waals surface area contributed by atoms with Gasteiger partial charge in [-0.15, -0.1) is 0 Å². The van der Waals surface area contributed by atoms with E-state index in [1.165, 1.54) is 6.07 Å². The standard InChI is InChI=1S/C31H23F9N2O4S/c1-42(47(44,45)18-19-7-3-2-4-8-19)26-12-11-24(16-27(26)46-17-20-9-5-6-10-25(20)31(38,39)40)41-28(43)21-13-22(29(32,33)34)15-23(14-21)30(35,36)37/h2-16H,17-18H2,1H3,(H,41,43). The first-order valence-corrected chi connectivity index (χ1v) is 14.9. The van der Waals surface area contributed by atoms with E-state index in [0.29, 0.717) is 5.56 Å². The lowest BCUT2D eigenvalue weighted by molar-refractivity contribution is -0.143. The molecule has 250 valence electrons. The smallest absolute Gasteiger partial charge is 0.416 e. The first-order valence-electron chi connectivity index (χ1n) is 13.3. The Morgan fingerprint density at radius 2 is 1.32 bits per heavy atom. The van der Waals surface area contributed by atoms with E-state index in [1.54, 1.807) is 30.3 Å². The van der Waals surface area contributed by atoms with E-state index in [-0.39, 0.29) is 40.9 Å². The van der Waals surface area contributed by atoms with Crippen molar-refractivity contribution >= 4 is 27.3 Å². The van der Waals surface area contributed by atoms with Crippen LogP contribution in [0.3, 0.4) is 0 Å². The third-order valence-electron chi connectivity index (χ3n) is 6.72. The minimum Gasteiger partial charge on any atom is -0.487 e. The SMILES string of the molecule is CN(c1ccc(NC(=O)c2cc(C(F)(F)F)cc(C(F)(F)F)c2)cc1OCc1ccccc1C(F)(F)F)S(=O)(=O)Cc1ccccc1. The van der Waals surface area contributed by atoms with E-state index in [9.17, 15) is 52.7 Å². The van der Waals surface area contributed by atoms with Crippen molar-refractivity contribution in [2.45, 2.75) is 30.9 Å². The number of halogens is 9. The molecule has 0 bridgehead atoms. The zero-order valence-corrected chi connectivity index (χ0v) is 24.8. The molecule has 0 aliphatic heterocycles. The molecular formula is C31H23F9N2O4S. The van der Waals surface area contributed by atoms with Crippen LogP contribution in [0.15, 0.2) is 91.0 Å². The lowest BCUT2D eigenvalue weighted by atomic mass is 10.0. The molecule has 1 N–H and O–H groups in total. The zero-order valence-electron chi connectivity index (χ0n) is 24.0. The zero-order chi connectivity index (χ0) is 34.8. The third kappa shape index (κ3) is 8.75. The fourth-order valence-corrected chi connectivity index (χ4v) is 5.62. The van der Waals surface area contributed by atoms with Gasteiger partial charge in [0, 0.05) is 29.9 Å². The van der Waals surface area contributed by atoms with Crippen molar-refractivity contribution < 1.29 is 57.5 Å². The summed E-state index contributed by atoms with van der Waals surface area (Å²) in [7, 11) is -3.00. The summed E-state index contributed by atoms with van der Waals surface area (Å²) < 4.78 is 154. The number of hydrogen-bond acceptors (Lipinski definition) is 4. The van der Waals surface area contributed by atoms with Gasteiger partial charge in [0.1, 0.15) is 12.4 Å². The predicted octanol–water partition coefficient (Wildman–Crippen LogP) is 8.54. The van der Waals surface area contributed by atoms with Gasteiger partial charge in [-0.05, 0) is 42.0 Å². The Morgan fingerprint density at radius 1 is 0.745 bits per heavy atom. The summed E-state index contributed by atoms with van der Waals surface area (Å²) in [4.78, 5) is 12.9. The fourth-order valence-electron chi connectivity index (χ4n) is 4.37. The topological polar surface area (TPSA) is 75.7 Å². The van der Waals surface area contributed by atoms with Crippen molar-refractivity contribution in [2.24, 2.45) is 0 Å². The Balaban J connectivity index is 1.72. The number of carbonyl (C=O) groups is 1. The van der Waals surface area contributed by atoms with Crippen LogP contribution in [-0.4, -0.2) is 21.4 Å². The number of nitrogens with one attached hydrogen (secondary N) is 1. The van der Waals surface area contributed by atoms with Crippen LogP contribution in [-0.2, 0) is 40.9 Å². The molecule has 0 radical (unpaired) electrons. The molecule has 0 saturated carbocycles. The van der Waals surface area contributed by atoms with Gasteiger partial charge in [-0.2, -0.15) is 39.5 Å². The maximum atomic E-state index is 13.6. The van der Waals surface area contributed by atoms with Crippen LogP contribution in [0.5, 0.6) is 5.75 Å². The molecule has 0 spiro atoms. The van der Waals surface area contributed by atoms with Gasteiger partial charge in [-0.3, -0.25) is 9.10 Å². The van der Waals surface area contributed by atoms with Gasteiger partial charge in [-0.1, -0.05) is 48.5 Å². The highest BCUT2D eigenvalue weighted by molar-refractivity contribution is 7.92. The molecule has 0 aromatic heterocycles. The number of nitrogens with zero attached hydrogens (tertiary/aromatic N) is 1. The van der Waals surface area contributed by atoms with Crippen molar-refractivity contribution in [3.8, 4) is 5.75 Å². The van der Waals surface area contributed by atoms with Crippen LogP contribution in [0, 0.1) is 0 Å². The Bertz CT molecular complexity index is 1830. The first kappa shape index (κ1) is 35.1. The van der Waals surface area contributed by atoms with Crippen molar-refractivity contribution in [1.82, 2.24) is 0 Å². The number of alkyl halides is 9. The normalized spacial score (nSPS) is 12.5. The Morgan fingerprint density at radius 3 is 1.89 bits per heavy atom. The van der Waals surface area contributed by atoms with Gasteiger partial charge in [0.25, 0.3) is 5.91 Å². The summed E-state index contributed by atoms with van der Waals surface area (Å²) in [6.07, 6.45) is -15.2. The largest absolute Gasteiger partial charge is 0.487 e. The average molecular weight is 691 g/mol. The van der Waals surface area contributed by atoms with Gasteiger partial charge >= 0.3 is 18.5 Å². The molecule has 0 atom stereocenters. The maximum Gasteiger partial charge on any atom is 0.416 e. The van der Waals surface area contributed by atoms with Crippen LogP contribution in [0.1, 0.15) is 38.2 Å². The van der Waals surface area contributed by atoms with Crippen LogP contribution in [0.25, 0.3) is 0 Å². The number of anilines is 2. The first-order chi connectivity index (χ1) is 21.8. The molecule has 0 unspecified atom stereocenters. The highest BCUT2D eigenvalue weighted by atomic mass is 32.2. The number of hydrogen-bond donors (Lipinski definition) is 1. The average Bonchev–Trinajstić information content (AvgIpc) is 2.98. The van der Waals surface area contributed by atoms with E-state index in [1.807, 2.05) is 0 Å². The molecule has 4 rings (SSSR count). The summed E-state index contributed by atoms with van der Waals surface area (Å²) in [5, 5.41) is 2.13. The molecule has 4 aromatic carbocycles. The fraction of sp³-hybridized carbons (Fsp3) is 0.194. The molecule has 0 fully saturated rings. The van der Waals surface area contributed by atoms with Crippen LogP contribution < -0.4 is 14.4 Å². The Kier molecular flexibility index (Phi) is 9.85. The van der Waals surface area contributed by atoms with Gasteiger partial charge in [-0.25, -0.2) is 8.42 Å². The summed E-state index contributed by atoms with van der Waals surface area (Å²) >= 11 is 0. The molecule has 4 aromatic rings. The number of amides is 1. The van der Waals surface area contributed by atoms with Gasteiger partial charge in [0.2, 0.25) is 10.0 Å². The Labute approximate surface area is 262 Å². The van der Waals surface area contributed by atoms with Crippen molar-refractivity contribution in [3.05, 3.63) is 124 Å². The molecule has 6 nitrogen and oxygen atoms in total. The van der Waals surface area contributed by atoms with E-state index >= 15 is 0 Å². The lowest BCUT2D eigenvalue weighted by Crippen LogP contribution is -2.28. The van der Waals surface area contributed by atoms with Crippen LogP contribution in [0.4, 0.5) is 50.9 Å². The molecule has 0 heterocycles. The van der Waals surface area contributed by atoms with E-state index in [2.05, 4.69) is 5.32 Å². The number of benzene rings is 4. The molecular weight excluding hydrogens is 667 g/mol. The second-order valence-electron chi connectivity index (χ2n) is 10.1. The highest BCUT2D eigenvalue weighted by Gasteiger charge is 2.38. The number of carbonyl (C=O) groups excluding carboxylic acids is 1. The molecule has 47 heavy (non-hydrogen) atoms. The number of rotatable bonds is 9. The minimum atomic E-state index is -5.22. The molecule has 0 saturated heterocycles. The molecule has 1 amide bonds. The van der Waals surface area contributed by atoms with Crippen molar-refractivity contribution in [3.63, 3.8) is 0 Å². The van der Waals surface area contributed by atoms with Crippen molar-refractivity contribution in [2.75, 3.05) is 16.7 Å². The highest BCUT2D eigenvalue weighted by Crippen LogP contribution is 2.38. The van der Waals surface area contributed by atoms with Crippen LogP contribution in [0.2, 0.25) is 0 Å². The Hall–Kier alpha value is -4.73. The van der Waals surface area contributed by atoms with E-state index in [4.69, 9.17) is 4.74 Å². The summed E-state index contributed by atoms with van der Waals surface area (Å²) in [6.45, 7) is -0.741. The number of ether oxygens (including phenoxy) is 1. The van der Waals surface area contributed by atoms with Gasteiger partial charge in [0.15, 0.2) is 0 Å². The molecule has 16 heteroatoms. The molecule has 0 aliphatic rings. The van der Waals surface area contributed by atoms with Crippen molar-refractivity contribution in [1.29, 1.82) is 0 Å². The summed E-state index contributed by atoms with van der Waals surface area (Å²) in [6, 6.07) is 15.8. The van der Waals surface area contributed by atoms with Gasteiger partial charge < -0.3 is 10.1 Å². The van der Waals surface area contributed by atoms with Gasteiger partial charge in [0.05, 0.1) is 28.1 Å². The molecule has 0 aliphatic carbocycles.